The van der Waals surface area contributed by atoms with E-state index in [-0.39, 0.29) is 0 Å². The number of aryl methyl sites for hydroxylation is 1. The zero-order valence-corrected chi connectivity index (χ0v) is 11.6. The maximum Gasteiger partial charge on any atom is 0.101 e. The van der Waals surface area contributed by atoms with Crippen molar-refractivity contribution in [2.24, 2.45) is 0 Å². The van der Waals surface area contributed by atoms with E-state index in [0.717, 1.165) is 16.9 Å². The van der Waals surface area contributed by atoms with Gasteiger partial charge in [-0.25, -0.2) is 0 Å². The van der Waals surface area contributed by atoms with Crippen molar-refractivity contribution in [2.45, 2.75) is 26.7 Å². The Labute approximate surface area is 114 Å². The maximum atomic E-state index is 9.17. The van der Waals surface area contributed by atoms with Gasteiger partial charge in [0.1, 0.15) is 6.07 Å². The summed E-state index contributed by atoms with van der Waals surface area (Å²) in [7, 11) is 0. The molecule has 0 saturated heterocycles. The van der Waals surface area contributed by atoms with Gasteiger partial charge in [-0.05, 0) is 48.2 Å². The summed E-state index contributed by atoms with van der Waals surface area (Å²) in [4.78, 5) is 0. The van der Waals surface area contributed by atoms with Crippen LogP contribution in [0.3, 0.4) is 0 Å². The van der Waals surface area contributed by atoms with Gasteiger partial charge in [0.15, 0.2) is 0 Å². The van der Waals surface area contributed by atoms with Gasteiger partial charge in [-0.1, -0.05) is 32.0 Å². The van der Waals surface area contributed by atoms with E-state index in [2.05, 4.69) is 37.4 Å². The summed E-state index contributed by atoms with van der Waals surface area (Å²) in [6.07, 6.45) is 0. The fourth-order valence-electron chi connectivity index (χ4n) is 1.99. The van der Waals surface area contributed by atoms with Crippen LogP contribution in [0.4, 0.5) is 11.4 Å². The van der Waals surface area contributed by atoms with Crippen molar-refractivity contribution in [3.8, 4) is 6.07 Å². The fraction of sp³-hybridized carbons (Fsp3) is 0.235. The van der Waals surface area contributed by atoms with Crippen molar-refractivity contribution in [1.29, 1.82) is 5.26 Å². The highest BCUT2D eigenvalue weighted by molar-refractivity contribution is 5.67. The first-order valence-corrected chi connectivity index (χ1v) is 6.48. The lowest BCUT2D eigenvalue weighted by molar-refractivity contribution is 0.867. The summed E-state index contributed by atoms with van der Waals surface area (Å²) in [5, 5.41) is 12.5. The Morgan fingerprint density at radius 3 is 2.58 bits per heavy atom. The van der Waals surface area contributed by atoms with Gasteiger partial charge < -0.3 is 5.32 Å². The van der Waals surface area contributed by atoms with E-state index in [1.54, 1.807) is 0 Å². The van der Waals surface area contributed by atoms with Crippen LogP contribution in [0.5, 0.6) is 0 Å². The molecular formula is C17H18N2. The second kappa shape index (κ2) is 5.58. The van der Waals surface area contributed by atoms with Crippen molar-refractivity contribution in [2.75, 3.05) is 5.32 Å². The Balaban J connectivity index is 2.31. The molecule has 1 N–H and O–H groups in total. The lowest BCUT2D eigenvalue weighted by Crippen LogP contribution is -1.96. The summed E-state index contributed by atoms with van der Waals surface area (Å²) < 4.78 is 0. The molecule has 2 heteroatoms. The van der Waals surface area contributed by atoms with Crippen LogP contribution < -0.4 is 5.32 Å². The molecule has 0 unspecified atom stereocenters. The number of benzene rings is 2. The zero-order valence-electron chi connectivity index (χ0n) is 11.6. The molecule has 0 aliphatic heterocycles. The molecule has 0 saturated carbocycles. The highest BCUT2D eigenvalue weighted by Crippen LogP contribution is 2.24. The predicted molar refractivity (Wildman–Crippen MR) is 79.7 cm³/mol. The first kappa shape index (κ1) is 13.2. The molecule has 2 aromatic rings. The van der Waals surface area contributed by atoms with Gasteiger partial charge in [-0.3, -0.25) is 0 Å². The third kappa shape index (κ3) is 3.14. The minimum absolute atomic E-state index is 0.496. The minimum Gasteiger partial charge on any atom is -0.354 e. The Bertz CT molecular complexity index is 621. The first-order valence-electron chi connectivity index (χ1n) is 6.48. The summed E-state index contributed by atoms with van der Waals surface area (Å²) in [6.45, 7) is 6.33. The molecule has 19 heavy (non-hydrogen) atoms. The highest BCUT2D eigenvalue weighted by Gasteiger charge is 2.04. The smallest absolute Gasteiger partial charge is 0.101 e. The van der Waals surface area contributed by atoms with Crippen molar-refractivity contribution < 1.29 is 0 Å². The number of nitrogens with zero attached hydrogens (tertiary/aromatic N) is 1. The number of nitrogens with one attached hydrogen (secondary N) is 1. The second-order valence-electron chi connectivity index (χ2n) is 5.07. The number of hydrogen-bond donors (Lipinski definition) is 1. The third-order valence-corrected chi connectivity index (χ3v) is 3.13. The minimum atomic E-state index is 0.496. The molecule has 0 amide bonds. The van der Waals surface area contributed by atoms with E-state index >= 15 is 0 Å². The van der Waals surface area contributed by atoms with Crippen LogP contribution in [-0.4, -0.2) is 0 Å². The van der Waals surface area contributed by atoms with Crippen LogP contribution in [-0.2, 0) is 0 Å². The van der Waals surface area contributed by atoms with E-state index in [4.69, 9.17) is 0 Å². The van der Waals surface area contributed by atoms with Gasteiger partial charge in [0.05, 0.1) is 11.3 Å². The Morgan fingerprint density at radius 2 is 1.89 bits per heavy atom. The molecule has 2 nitrogen and oxygen atoms in total. The van der Waals surface area contributed by atoms with E-state index in [1.807, 2.05) is 37.3 Å². The molecule has 0 aliphatic carbocycles. The second-order valence-corrected chi connectivity index (χ2v) is 5.07. The Morgan fingerprint density at radius 1 is 1.11 bits per heavy atom. The maximum absolute atomic E-state index is 9.17. The van der Waals surface area contributed by atoms with Gasteiger partial charge >= 0.3 is 0 Å². The van der Waals surface area contributed by atoms with Gasteiger partial charge in [-0.2, -0.15) is 5.26 Å². The molecule has 0 radical (unpaired) electrons. The number of rotatable bonds is 3. The van der Waals surface area contributed by atoms with Crippen LogP contribution in [0, 0.1) is 18.3 Å². The summed E-state index contributed by atoms with van der Waals surface area (Å²) in [6, 6.07) is 16.4. The average molecular weight is 250 g/mol. The van der Waals surface area contributed by atoms with Gasteiger partial charge in [-0.15, -0.1) is 0 Å². The van der Waals surface area contributed by atoms with Crippen molar-refractivity contribution in [3.63, 3.8) is 0 Å². The molecular weight excluding hydrogens is 232 g/mol. The lowest BCUT2D eigenvalue weighted by atomic mass is 10.0. The number of nitriles is 1. The highest BCUT2D eigenvalue weighted by atomic mass is 14.9. The fourth-order valence-corrected chi connectivity index (χ4v) is 1.99. The molecule has 0 heterocycles. The third-order valence-electron chi connectivity index (χ3n) is 3.13. The molecule has 2 rings (SSSR count). The molecule has 96 valence electrons. The van der Waals surface area contributed by atoms with Crippen LogP contribution in [0.1, 0.15) is 36.5 Å². The molecule has 0 aliphatic rings. The number of anilines is 2. The Hall–Kier alpha value is -2.27. The molecule has 0 atom stereocenters. The molecule has 0 aromatic heterocycles. The van der Waals surface area contributed by atoms with E-state index < -0.39 is 0 Å². The molecule has 2 aromatic carbocycles. The molecule has 0 spiro atoms. The number of hydrogen-bond acceptors (Lipinski definition) is 2. The largest absolute Gasteiger partial charge is 0.354 e. The standard InChI is InChI=1S/C17H18N2/c1-12(2)14-5-4-6-16(10-14)19-17-8-7-13(3)9-15(17)11-18/h4-10,12,19H,1-3H3. The van der Waals surface area contributed by atoms with Crippen LogP contribution in [0.2, 0.25) is 0 Å². The SMILES string of the molecule is Cc1ccc(Nc2cccc(C(C)C)c2)c(C#N)c1. The van der Waals surface area contributed by atoms with Crippen molar-refractivity contribution in [1.82, 2.24) is 0 Å². The van der Waals surface area contributed by atoms with Crippen molar-refractivity contribution in [3.05, 3.63) is 59.2 Å². The summed E-state index contributed by atoms with van der Waals surface area (Å²) in [5.74, 6) is 0.496. The summed E-state index contributed by atoms with van der Waals surface area (Å²) in [5.41, 5.74) is 4.93. The Kier molecular flexibility index (Phi) is 3.87. The van der Waals surface area contributed by atoms with E-state index in [9.17, 15) is 5.26 Å². The van der Waals surface area contributed by atoms with E-state index in [0.29, 0.717) is 11.5 Å². The van der Waals surface area contributed by atoms with E-state index in [1.165, 1.54) is 5.56 Å². The average Bonchev–Trinajstić information content (AvgIpc) is 2.41. The van der Waals surface area contributed by atoms with Crippen LogP contribution >= 0.6 is 0 Å². The molecule has 0 bridgehead atoms. The summed E-state index contributed by atoms with van der Waals surface area (Å²) >= 11 is 0. The topological polar surface area (TPSA) is 35.8 Å². The lowest BCUT2D eigenvalue weighted by Gasteiger charge is -2.11. The quantitative estimate of drug-likeness (QED) is 0.854. The van der Waals surface area contributed by atoms with Crippen LogP contribution in [0.25, 0.3) is 0 Å². The monoisotopic (exact) mass is 250 g/mol. The van der Waals surface area contributed by atoms with Crippen molar-refractivity contribution >= 4 is 11.4 Å². The zero-order chi connectivity index (χ0) is 13.8. The van der Waals surface area contributed by atoms with Crippen LogP contribution in [0.15, 0.2) is 42.5 Å². The van der Waals surface area contributed by atoms with Gasteiger partial charge in [0.2, 0.25) is 0 Å². The predicted octanol–water partition coefficient (Wildman–Crippen LogP) is 4.73. The van der Waals surface area contributed by atoms with Gasteiger partial charge in [0, 0.05) is 5.69 Å². The van der Waals surface area contributed by atoms with Gasteiger partial charge in [0.25, 0.3) is 0 Å². The first-order chi connectivity index (χ1) is 9.10. The normalized spacial score (nSPS) is 10.3. The molecule has 0 fully saturated rings.